The average molecular weight is 417 g/mol. The molecule has 0 aliphatic heterocycles. The molecule has 0 saturated carbocycles. The summed E-state index contributed by atoms with van der Waals surface area (Å²) < 4.78 is 15.4. The molecule has 0 saturated heterocycles. The zero-order chi connectivity index (χ0) is 19.9. The van der Waals surface area contributed by atoms with Crippen LogP contribution in [0.25, 0.3) is 11.3 Å². The Morgan fingerprint density at radius 1 is 0.931 bits per heavy atom. The number of carbonyl (C=O) groups is 2. The van der Waals surface area contributed by atoms with Gasteiger partial charge in [0.15, 0.2) is 0 Å². The highest BCUT2D eigenvalue weighted by Crippen LogP contribution is 2.25. The fourth-order valence-corrected chi connectivity index (χ4v) is 2.70. The summed E-state index contributed by atoms with van der Waals surface area (Å²) in [5, 5.41) is 3.29. The lowest BCUT2D eigenvalue weighted by Crippen LogP contribution is -2.11. The van der Waals surface area contributed by atoms with Gasteiger partial charge in [-0.1, -0.05) is 0 Å². The Hall–Kier alpha value is -3.16. The Morgan fingerprint density at radius 2 is 1.55 bits per heavy atom. The molecule has 29 heavy (non-hydrogen) atoms. The normalized spacial score (nSPS) is 10.1. The number of carbonyl (C=O) groups excluding carboxylic acids is 2. The lowest BCUT2D eigenvalue weighted by atomic mass is 10.0. The average Bonchev–Trinajstić information content (AvgIpc) is 3.22. The van der Waals surface area contributed by atoms with Crippen molar-refractivity contribution in [2.75, 3.05) is 14.2 Å². The number of hydrogen-bond acceptors (Lipinski definition) is 7. The van der Waals surface area contributed by atoms with Gasteiger partial charge in [0.25, 0.3) is 0 Å². The van der Waals surface area contributed by atoms with Crippen LogP contribution in [-0.2, 0) is 22.6 Å². The maximum atomic E-state index is 11.9. The minimum atomic E-state index is -0.544. The second-order valence-electron chi connectivity index (χ2n) is 6.01. The largest absolute Gasteiger partial charge is 0.465 e. The van der Waals surface area contributed by atoms with Crippen LogP contribution in [0.5, 0.6) is 0 Å². The smallest absolute Gasteiger partial charge is 0.337 e. The third-order valence-corrected chi connectivity index (χ3v) is 4.10. The summed E-state index contributed by atoms with van der Waals surface area (Å²) >= 11 is 0. The zero-order valence-electron chi connectivity index (χ0n) is 16.0. The molecule has 0 radical (unpaired) electrons. The standard InChI is InChI=1S/C21H20N2O5.ClH/c1-26-20(24)16-9-15(10-17(11-16)21(25)27-2)19-4-3-18(28-19)13-23-12-14-5-7-22-8-6-14;/h3-11,23H,12-13H2,1-2H3;1H. The van der Waals surface area contributed by atoms with Gasteiger partial charge >= 0.3 is 11.9 Å². The summed E-state index contributed by atoms with van der Waals surface area (Å²) in [5.41, 5.74) is 2.20. The van der Waals surface area contributed by atoms with Crippen molar-refractivity contribution in [2.24, 2.45) is 0 Å². The van der Waals surface area contributed by atoms with Gasteiger partial charge in [-0.05, 0) is 48.0 Å². The van der Waals surface area contributed by atoms with Gasteiger partial charge in [0.2, 0.25) is 0 Å². The van der Waals surface area contributed by atoms with Gasteiger partial charge in [-0.3, -0.25) is 4.98 Å². The molecule has 0 amide bonds. The fraction of sp³-hybridized carbons (Fsp3) is 0.190. The van der Waals surface area contributed by atoms with E-state index in [0.717, 1.165) is 11.3 Å². The SMILES string of the molecule is COC(=O)c1cc(C(=O)OC)cc(-c2ccc(CNCc3ccncc3)o2)c1.Cl. The second kappa shape index (κ2) is 10.4. The van der Waals surface area contributed by atoms with Crippen LogP contribution in [0, 0.1) is 0 Å². The van der Waals surface area contributed by atoms with Gasteiger partial charge in [0.1, 0.15) is 11.5 Å². The number of benzene rings is 1. The van der Waals surface area contributed by atoms with E-state index in [4.69, 9.17) is 13.9 Å². The van der Waals surface area contributed by atoms with E-state index in [1.807, 2.05) is 18.2 Å². The Labute approximate surface area is 174 Å². The van der Waals surface area contributed by atoms with Crippen LogP contribution < -0.4 is 5.32 Å². The predicted molar refractivity (Wildman–Crippen MR) is 109 cm³/mol. The summed E-state index contributed by atoms with van der Waals surface area (Å²) in [5.74, 6) is 0.180. The van der Waals surface area contributed by atoms with Crippen molar-refractivity contribution in [2.45, 2.75) is 13.1 Å². The molecule has 7 nitrogen and oxygen atoms in total. The van der Waals surface area contributed by atoms with Gasteiger partial charge in [-0.2, -0.15) is 0 Å². The van der Waals surface area contributed by atoms with Crippen molar-refractivity contribution >= 4 is 24.3 Å². The lowest BCUT2D eigenvalue weighted by Gasteiger charge is -2.07. The third-order valence-electron chi connectivity index (χ3n) is 4.10. The van der Waals surface area contributed by atoms with E-state index in [1.54, 1.807) is 30.6 Å². The van der Waals surface area contributed by atoms with Crippen molar-refractivity contribution in [3.05, 3.63) is 77.3 Å². The van der Waals surface area contributed by atoms with E-state index in [-0.39, 0.29) is 23.5 Å². The molecule has 8 heteroatoms. The molecule has 0 spiro atoms. The Balaban J connectivity index is 0.00000300. The summed E-state index contributed by atoms with van der Waals surface area (Å²) in [6.07, 6.45) is 3.49. The number of nitrogens with one attached hydrogen (secondary N) is 1. The highest BCUT2D eigenvalue weighted by Gasteiger charge is 2.16. The molecule has 3 aromatic rings. The summed E-state index contributed by atoms with van der Waals surface area (Å²) in [7, 11) is 2.57. The highest BCUT2D eigenvalue weighted by molar-refractivity contribution is 5.97. The minimum absolute atomic E-state index is 0. The molecule has 2 aromatic heterocycles. The van der Waals surface area contributed by atoms with Crippen LogP contribution >= 0.6 is 12.4 Å². The maximum Gasteiger partial charge on any atom is 0.337 e. The Morgan fingerprint density at radius 3 is 2.14 bits per heavy atom. The number of methoxy groups -OCH3 is 2. The van der Waals surface area contributed by atoms with Crippen molar-refractivity contribution in [3.63, 3.8) is 0 Å². The maximum absolute atomic E-state index is 11.9. The zero-order valence-corrected chi connectivity index (χ0v) is 16.8. The number of aromatic nitrogens is 1. The Bertz CT molecular complexity index is 938. The number of halogens is 1. The van der Waals surface area contributed by atoms with E-state index >= 15 is 0 Å². The molecule has 2 heterocycles. The van der Waals surface area contributed by atoms with Gasteiger partial charge in [0, 0.05) is 24.5 Å². The van der Waals surface area contributed by atoms with E-state index in [2.05, 4.69) is 10.3 Å². The lowest BCUT2D eigenvalue weighted by molar-refractivity contribution is 0.0599. The van der Waals surface area contributed by atoms with Gasteiger partial charge in [0.05, 0.1) is 31.9 Å². The number of rotatable bonds is 7. The number of ether oxygens (including phenoxy) is 2. The first-order chi connectivity index (χ1) is 13.6. The van der Waals surface area contributed by atoms with Crippen molar-refractivity contribution < 1.29 is 23.5 Å². The van der Waals surface area contributed by atoms with Gasteiger partial charge < -0.3 is 19.2 Å². The molecule has 0 aliphatic carbocycles. The number of nitrogens with zero attached hydrogens (tertiary/aromatic N) is 1. The van der Waals surface area contributed by atoms with E-state index in [1.165, 1.54) is 20.3 Å². The molecule has 0 aliphatic rings. The summed E-state index contributed by atoms with van der Waals surface area (Å²) in [6, 6.07) is 12.2. The predicted octanol–water partition coefficient (Wildman–Crippen LogP) is 3.63. The minimum Gasteiger partial charge on any atom is -0.465 e. The van der Waals surface area contributed by atoms with Gasteiger partial charge in [-0.25, -0.2) is 9.59 Å². The van der Waals surface area contributed by atoms with Crippen molar-refractivity contribution in [1.82, 2.24) is 10.3 Å². The van der Waals surface area contributed by atoms with Crippen molar-refractivity contribution in [1.29, 1.82) is 0 Å². The van der Waals surface area contributed by atoms with E-state index < -0.39 is 11.9 Å². The summed E-state index contributed by atoms with van der Waals surface area (Å²) in [4.78, 5) is 27.8. The van der Waals surface area contributed by atoms with E-state index in [9.17, 15) is 9.59 Å². The number of pyridine rings is 1. The molecule has 0 atom stereocenters. The van der Waals surface area contributed by atoms with Crippen molar-refractivity contribution in [3.8, 4) is 11.3 Å². The van der Waals surface area contributed by atoms with Crippen LogP contribution in [-0.4, -0.2) is 31.1 Å². The monoisotopic (exact) mass is 416 g/mol. The molecular weight excluding hydrogens is 396 g/mol. The first-order valence-electron chi connectivity index (χ1n) is 8.61. The molecular formula is C21H21ClN2O5. The summed E-state index contributed by atoms with van der Waals surface area (Å²) in [6.45, 7) is 1.21. The molecule has 152 valence electrons. The third kappa shape index (κ3) is 5.66. The van der Waals surface area contributed by atoms with Crippen LogP contribution in [0.4, 0.5) is 0 Å². The van der Waals surface area contributed by atoms with Crippen LogP contribution in [0.3, 0.4) is 0 Å². The highest BCUT2D eigenvalue weighted by atomic mass is 35.5. The topological polar surface area (TPSA) is 90.7 Å². The van der Waals surface area contributed by atoms with Crippen LogP contribution in [0.2, 0.25) is 0 Å². The fourth-order valence-electron chi connectivity index (χ4n) is 2.70. The number of hydrogen-bond donors (Lipinski definition) is 1. The molecule has 3 rings (SSSR count). The molecule has 0 bridgehead atoms. The molecule has 1 aromatic carbocycles. The number of furan rings is 1. The van der Waals surface area contributed by atoms with Crippen LogP contribution in [0.15, 0.2) is 59.3 Å². The molecule has 1 N–H and O–H groups in total. The number of esters is 2. The first kappa shape index (κ1) is 22.1. The van der Waals surface area contributed by atoms with Gasteiger partial charge in [-0.15, -0.1) is 12.4 Å². The first-order valence-corrected chi connectivity index (χ1v) is 8.61. The van der Waals surface area contributed by atoms with Crippen LogP contribution in [0.1, 0.15) is 32.0 Å². The molecule has 0 unspecified atom stereocenters. The molecule has 0 fully saturated rings. The second-order valence-corrected chi connectivity index (χ2v) is 6.01. The van der Waals surface area contributed by atoms with E-state index in [0.29, 0.717) is 24.4 Å². The Kier molecular flexibility index (Phi) is 7.94. The quantitative estimate of drug-likeness (QED) is 0.588.